The third kappa shape index (κ3) is 1.87. The van der Waals surface area contributed by atoms with Crippen LogP contribution in [0.5, 0.6) is 0 Å². The molecule has 0 unspecified atom stereocenters. The van der Waals surface area contributed by atoms with Crippen LogP contribution < -0.4 is 11.3 Å². The molecule has 2 rings (SSSR count). The van der Waals surface area contributed by atoms with Crippen LogP contribution in [0.4, 0.5) is 0 Å². The van der Waals surface area contributed by atoms with Gasteiger partial charge in [0.15, 0.2) is 0 Å². The highest BCUT2D eigenvalue weighted by Crippen LogP contribution is 2.13. The smallest absolute Gasteiger partial charge is 0.341 e. The molecule has 1 heterocycles. The molecule has 1 aromatic carbocycles. The van der Waals surface area contributed by atoms with Crippen LogP contribution in [-0.2, 0) is 0 Å². The van der Waals surface area contributed by atoms with Crippen LogP contribution >= 0.6 is 0 Å². The number of rotatable bonds is 2. The van der Waals surface area contributed by atoms with Crippen LogP contribution in [0.2, 0.25) is 0 Å². The van der Waals surface area contributed by atoms with Crippen molar-refractivity contribution >= 4 is 22.7 Å². The fourth-order valence-corrected chi connectivity index (χ4v) is 1.53. The lowest BCUT2D eigenvalue weighted by molar-refractivity contribution is 0.0695. The molecule has 17 heavy (non-hydrogen) atoms. The number of nitrogens with one attached hydrogen (secondary N) is 2. The van der Waals surface area contributed by atoms with E-state index in [0.29, 0.717) is 16.5 Å². The average Bonchev–Trinajstić information content (AvgIpc) is 2.26. The number of pyridine rings is 1. The minimum atomic E-state index is -1.27. The van der Waals surface area contributed by atoms with E-state index in [9.17, 15) is 9.59 Å². The molecule has 0 atom stereocenters. The van der Waals surface area contributed by atoms with Gasteiger partial charge < -0.3 is 15.8 Å². The molecule has 0 aliphatic heterocycles. The van der Waals surface area contributed by atoms with E-state index in [2.05, 4.69) is 4.98 Å². The Hall–Kier alpha value is -2.63. The highest BCUT2D eigenvalue weighted by Gasteiger charge is 2.10. The van der Waals surface area contributed by atoms with Crippen molar-refractivity contribution in [3.8, 4) is 0 Å². The van der Waals surface area contributed by atoms with Crippen molar-refractivity contribution in [2.45, 2.75) is 0 Å². The summed E-state index contributed by atoms with van der Waals surface area (Å²) in [5.41, 5.74) is 5.25. The van der Waals surface area contributed by atoms with Gasteiger partial charge in [0, 0.05) is 11.1 Å². The second-order valence-corrected chi connectivity index (χ2v) is 3.53. The van der Waals surface area contributed by atoms with Gasteiger partial charge in [0.05, 0.1) is 0 Å². The molecule has 0 radical (unpaired) electrons. The van der Waals surface area contributed by atoms with Crippen molar-refractivity contribution in [2.24, 2.45) is 5.73 Å². The zero-order valence-corrected chi connectivity index (χ0v) is 8.65. The molecule has 6 heteroatoms. The lowest BCUT2D eigenvalue weighted by Crippen LogP contribution is -2.17. The SMILES string of the molecule is N=C(N)c1ccc2cc(C(=O)O)c(=O)[nH]c2c1. The molecular weight excluding hydrogens is 222 g/mol. The standard InChI is InChI=1S/C11H9N3O3/c12-9(13)6-2-1-5-3-7(11(16)17)10(15)14-8(5)4-6/h1-4H,(H3,12,13)(H,14,15)(H,16,17). The minimum Gasteiger partial charge on any atom is -0.477 e. The monoisotopic (exact) mass is 231 g/mol. The van der Waals surface area contributed by atoms with Gasteiger partial charge in [0.25, 0.3) is 5.56 Å². The zero-order chi connectivity index (χ0) is 12.6. The quantitative estimate of drug-likeness (QED) is 0.444. The molecule has 5 N–H and O–H groups in total. The molecule has 6 nitrogen and oxygen atoms in total. The number of hydrogen-bond acceptors (Lipinski definition) is 3. The third-order valence-corrected chi connectivity index (χ3v) is 2.39. The van der Waals surface area contributed by atoms with Gasteiger partial charge in [-0.2, -0.15) is 0 Å². The number of nitrogen functional groups attached to an aromatic ring is 1. The van der Waals surface area contributed by atoms with E-state index in [1.807, 2.05) is 0 Å². The van der Waals surface area contributed by atoms with Gasteiger partial charge in [-0.25, -0.2) is 4.79 Å². The van der Waals surface area contributed by atoms with Gasteiger partial charge in [-0.15, -0.1) is 0 Å². The Bertz CT molecular complexity index is 688. The molecular formula is C11H9N3O3. The molecule has 0 fully saturated rings. The number of aromatic nitrogens is 1. The van der Waals surface area contributed by atoms with Crippen LogP contribution in [-0.4, -0.2) is 21.9 Å². The molecule has 2 aromatic rings. The van der Waals surface area contributed by atoms with Gasteiger partial charge >= 0.3 is 5.97 Å². The Morgan fingerprint density at radius 1 is 1.35 bits per heavy atom. The normalized spacial score (nSPS) is 10.4. The van der Waals surface area contributed by atoms with Crippen LogP contribution in [0.25, 0.3) is 10.9 Å². The van der Waals surface area contributed by atoms with Gasteiger partial charge in [0.1, 0.15) is 11.4 Å². The number of hydrogen-bond donors (Lipinski definition) is 4. The number of carbonyl (C=O) groups is 1. The first-order valence-corrected chi connectivity index (χ1v) is 4.74. The fraction of sp³-hybridized carbons (Fsp3) is 0. The topological polar surface area (TPSA) is 120 Å². The predicted octanol–water partition coefficient (Wildman–Crippen LogP) is 0.510. The van der Waals surface area contributed by atoms with Gasteiger partial charge in [-0.05, 0) is 17.5 Å². The van der Waals surface area contributed by atoms with E-state index >= 15 is 0 Å². The molecule has 86 valence electrons. The number of fused-ring (bicyclic) bond motifs is 1. The molecule has 1 aromatic heterocycles. The lowest BCUT2D eigenvalue weighted by Gasteiger charge is -2.02. The van der Waals surface area contributed by atoms with E-state index in [1.165, 1.54) is 12.1 Å². The molecule has 0 spiro atoms. The van der Waals surface area contributed by atoms with Crippen LogP contribution in [0.15, 0.2) is 29.1 Å². The predicted molar refractivity (Wildman–Crippen MR) is 62.5 cm³/mol. The van der Waals surface area contributed by atoms with Gasteiger partial charge in [-0.1, -0.05) is 12.1 Å². The number of H-pyrrole nitrogens is 1. The minimum absolute atomic E-state index is 0.116. The first-order valence-electron chi connectivity index (χ1n) is 4.74. The second-order valence-electron chi connectivity index (χ2n) is 3.53. The summed E-state index contributed by atoms with van der Waals surface area (Å²) >= 11 is 0. The Morgan fingerprint density at radius 2 is 2.06 bits per heavy atom. The first-order chi connectivity index (χ1) is 7.99. The second kappa shape index (κ2) is 3.75. The number of aromatic amines is 1. The summed E-state index contributed by atoms with van der Waals surface area (Å²) in [6.45, 7) is 0. The Morgan fingerprint density at radius 3 is 2.65 bits per heavy atom. The zero-order valence-electron chi connectivity index (χ0n) is 8.65. The molecule has 0 saturated carbocycles. The third-order valence-electron chi connectivity index (χ3n) is 2.39. The van der Waals surface area contributed by atoms with Crippen molar-refractivity contribution in [2.75, 3.05) is 0 Å². The summed E-state index contributed by atoms with van der Waals surface area (Å²) in [5.74, 6) is -1.39. The number of amidine groups is 1. The van der Waals surface area contributed by atoms with Gasteiger partial charge in [-0.3, -0.25) is 10.2 Å². The summed E-state index contributed by atoms with van der Waals surface area (Å²) < 4.78 is 0. The lowest BCUT2D eigenvalue weighted by atomic mass is 10.1. The van der Waals surface area contributed by atoms with Crippen molar-refractivity contribution in [3.63, 3.8) is 0 Å². The highest BCUT2D eigenvalue weighted by molar-refractivity contribution is 5.99. The van der Waals surface area contributed by atoms with E-state index in [-0.39, 0.29) is 11.4 Å². The maximum absolute atomic E-state index is 11.4. The number of nitrogens with two attached hydrogens (primary N) is 1. The van der Waals surface area contributed by atoms with Gasteiger partial charge in [0.2, 0.25) is 0 Å². The number of carboxylic acid groups (broad SMARTS) is 1. The molecule has 0 bridgehead atoms. The largest absolute Gasteiger partial charge is 0.477 e. The average molecular weight is 231 g/mol. The van der Waals surface area contributed by atoms with E-state index in [4.69, 9.17) is 16.2 Å². The van der Waals surface area contributed by atoms with Crippen molar-refractivity contribution in [3.05, 3.63) is 45.7 Å². The Kier molecular flexibility index (Phi) is 2.40. The van der Waals surface area contributed by atoms with E-state index in [0.717, 1.165) is 0 Å². The molecule has 0 amide bonds. The molecule has 0 saturated heterocycles. The summed E-state index contributed by atoms with van der Waals surface area (Å²) in [5, 5.41) is 16.6. The Balaban J connectivity index is 2.75. The number of carboxylic acids is 1. The number of benzene rings is 1. The first kappa shape index (κ1) is 10.9. The molecule has 0 aliphatic rings. The summed E-state index contributed by atoms with van der Waals surface area (Å²) in [4.78, 5) is 24.6. The van der Waals surface area contributed by atoms with Crippen LogP contribution in [0.1, 0.15) is 15.9 Å². The van der Waals surface area contributed by atoms with Crippen molar-refractivity contribution < 1.29 is 9.90 Å². The fourth-order valence-electron chi connectivity index (χ4n) is 1.53. The maximum atomic E-state index is 11.4. The maximum Gasteiger partial charge on any atom is 0.341 e. The summed E-state index contributed by atoms with van der Waals surface area (Å²) in [6, 6.07) is 6.02. The number of aromatic carboxylic acids is 1. The summed E-state index contributed by atoms with van der Waals surface area (Å²) in [6.07, 6.45) is 0. The highest BCUT2D eigenvalue weighted by atomic mass is 16.4. The van der Waals surface area contributed by atoms with E-state index < -0.39 is 11.5 Å². The van der Waals surface area contributed by atoms with Crippen LogP contribution in [0, 0.1) is 5.41 Å². The molecule has 0 aliphatic carbocycles. The Labute approximate surface area is 95.2 Å². The van der Waals surface area contributed by atoms with Crippen molar-refractivity contribution in [1.29, 1.82) is 5.41 Å². The van der Waals surface area contributed by atoms with Crippen molar-refractivity contribution in [1.82, 2.24) is 4.98 Å². The van der Waals surface area contributed by atoms with E-state index in [1.54, 1.807) is 12.1 Å². The summed E-state index contributed by atoms with van der Waals surface area (Å²) in [7, 11) is 0. The van der Waals surface area contributed by atoms with Crippen LogP contribution in [0.3, 0.4) is 0 Å².